The zero-order valence-corrected chi connectivity index (χ0v) is 15.4. The zero-order valence-electron chi connectivity index (χ0n) is 12.2. The van der Waals surface area contributed by atoms with Crippen LogP contribution in [-0.2, 0) is 4.74 Å². The maximum absolute atomic E-state index is 6.17. The van der Waals surface area contributed by atoms with Gasteiger partial charge in [0.15, 0.2) is 0 Å². The molecule has 2 rings (SSSR count). The first kappa shape index (κ1) is 16.4. The fraction of sp³-hybridized carbons (Fsp3) is 0.643. The van der Waals surface area contributed by atoms with Crippen molar-refractivity contribution in [3.8, 4) is 0 Å². The quantitative estimate of drug-likeness (QED) is 0.593. The van der Waals surface area contributed by atoms with Crippen LogP contribution in [0.5, 0.6) is 0 Å². The molecule has 2 unspecified atom stereocenters. The molecular weight excluding hydrogens is 386 g/mol. The zero-order chi connectivity index (χ0) is 15.1. The van der Waals surface area contributed by atoms with E-state index in [9.17, 15) is 0 Å². The van der Waals surface area contributed by atoms with Crippen molar-refractivity contribution < 1.29 is 4.74 Å². The van der Waals surface area contributed by atoms with Gasteiger partial charge in [-0.1, -0.05) is 0 Å². The molecule has 20 heavy (non-hydrogen) atoms. The molecule has 2 heterocycles. The first-order valence-corrected chi connectivity index (χ1v) is 8.22. The molecule has 0 saturated carbocycles. The second-order valence-corrected chi connectivity index (χ2v) is 8.21. The lowest BCUT2D eigenvalue weighted by molar-refractivity contribution is -0.0780. The van der Waals surface area contributed by atoms with Crippen LogP contribution in [0.15, 0.2) is 21.2 Å². The molecule has 0 aromatic carbocycles. The normalized spacial score (nSPS) is 25.6. The maximum atomic E-state index is 6.17. The summed E-state index contributed by atoms with van der Waals surface area (Å²) in [6.07, 6.45) is 2.72. The van der Waals surface area contributed by atoms with E-state index in [1.165, 1.54) is 0 Å². The van der Waals surface area contributed by atoms with E-state index in [4.69, 9.17) is 10.6 Å². The largest absolute Gasteiger partial charge is 0.369 e. The summed E-state index contributed by atoms with van der Waals surface area (Å²) >= 11 is 7.00. The van der Waals surface area contributed by atoms with Gasteiger partial charge in [0.1, 0.15) is 0 Å². The Morgan fingerprint density at radius 1 is 1.40 bits per heavy atom. The molecule has 1 fully saturated rings. The maximum Gasteiger partial charge on any atom is 0.0733 e. The van der Waals surface area contributed by atoms with E-state index in [0.29, 0.717) is 0 Å². The molecule has 0 spiro atoms. The molecule has 112 valence electrons. The highest BCUT2D eigenvalue weighted by Gasteiger charge is 2.49. The highest BCUT2D eigenvalue weighted by molar-refractivity contribution is 9.11. The second kappa shape index (κ2) is 5.65. The van der Waals surface area contributed by atoms with Crippen molar-refractivity contribution >= 4 is 31.9 Å². The predicted octanol–water partition coefficient (Wildman–Crippen LogP) is 3.70. The van der Waals surface area contributed by atoms with Gasteiger partial charge in [-0.2, -0.15) is 0 Å². The van der Waals surface area contributed by atoms with Crippen LogP contribution in [0, 0.1) is 5.92 Å². The van der Waals surface area contributed by atoms with Gasteiger partial charge < -0.3 is 4.74 Å². The van der Waals surface area contributed by atoms with Crippen LogP contribution in [0.1, 0.15) is 45.9 Å². The Hall–Kier alpha value is -0.0100. The van der Waals surface area contributed by atoms with E-state index < -0.39 is 0 Å². The lowest BCUT2D eigenvalue weighted by atomic mass is 9.80. The van der Waals surface area contributed by atoms with Gasteiger partial charge >= 0.3 is 0 Å². The minimum absolute atomic E-state index is 0.0609. The van der Waals surface area contributed by atoms with Crippen LogP contribution in [0.25, 0.3) is 0 Å². The SMILES string of the molecule is CC1(C)CC(C(NN)c2ncc(Br)cc2Br)C(C)(C)O1. The fourth-order valence-electron chi connectivity index (χ4n) is 3.16. The van der Waals surface area contributed by atoms with E-state index in [0.717, 1.165) is 21.1 Å². The van der Waals surface area contributed by atoms with Gasteiger partial charge in [-0.25, -0.2) is 0 Å². The Balaban J connectivity index is 2.37. The van der Waals surface area contributed by atoms with Crippen LogP contribution < -0.4 is 11.3 Å². The highest BCUT2D eigenvalue weighted by Crippen LogP contribution is 2.48. The van der Waals surface area contributed by atoms with Gasteiger partial charge in [0, 0.05) is 21.1 Å². The summed E-state index contributed by atoms with van der Waals surface area (Å²) in [4.78, 5) is 4.52. The average molecular weight is 407 g/mol. The number of hydrazine groups is 1. The van der Waals surface area contributed by atoms with Gasteiger partial charge in [-0.3, -0.25) is 16.3 Å². The summed E-state index contributed by atoms with van der Waals surface area (Å²) in [7, 11) is 0. The summed E-state index contributed by atoms with van der Waals surface area (Å²) in [5, 5.41) is 0. The van der Waals surface area contributed by atoms with Crippen molar-refractivity contribution in [2.45, 2.75) is 51.4 Å². The number of rotatable bonds is 3. The molecule has 4 nitrogen and oxygen atoms in total. The third-order valence-corrected chi connectivity index (χ3v) is 4.93. The number of aromatic nitrogens is 1. The predicted molar refractivity (Wildman–Crippen MR) is 87.1 cm³/mol. The van der Waals surface area contributed by atoms with Crippen molar-refractivity contribution in [3.05, 3.63) is 26.9 Å². The number of hydrogen-bond acceptors (Lipinski definition) is 4. The first-order valence-electron chi connectivity index (χ1n) is 6.63. The first-order chi connectivity index (χ1) is 9.16. The van der Waals surface area contributed by atoms with Gasteiger partial charge in [-0.15, -0.1) is 0 Å². The molecular formula is C14H21Br2N3O. The summed E-state index contributed by atoms with van der Waals surface area (Å²) in [5.41, 5.74) is 3.44. The Morgan fingerprint density at radius 3 is 2.50 bits per heavy atom. The summed E-state index contributed by atoms with van der Waals surface area (Å²) < 4.78 is 8.05. The molecule has 1 aromatic heterocycles. The average Bonchev–Trinajstić information content (AvgIpc) is 2.51. The molecule has 0 amide bonds. The fourth-order valence-corrected chi connectivity index (χ4v) is 4.40. The van der Waals surface area contributed by atoms with Gasteiger partial charge in [0.25, 0.3) is 0 Å². The van der Waals surface area contributed by atoms with Crippen molar-refractivity contribution in [3.63, 3.8) is 0 Å². The highest BCUT2D eigenvalue weighted by atomic mass is 79.9. The van der Waals surface area contributed by atoms with Crippen molar-refractivity contribution in [2.75, 3.05) is 0 Å². The molecule has 6 heteroatoms. The number of halogens is 2. The van der Waals surface area contributed by atoms with E-state index in [2.05, 4.69) is 70.0 Å². The van der Waals surface area contributed by atoms with Crippen LogP contribution >= 0.6 is 31.9 Å². The van der Waals surface area contributed by atoms with Crippen molar-refractivity contribution in [1.29, 1.82) is 0 Å². The van der Waals surface area contributed by atoms with Gasteiger partial charge in [-0.05, 0) is 72.0 Å². The van der Waals surface area contributed by atoms with E-state index >= 15 is 0 Å². The number of nitrogens with one attached hydrogen (secondary N) is 1. The number of hydrogen-bond donors (Lipinski definition) is 2. The number of pyridine rings is 1. The third-order valence-electron chi connectivity index (χ3n) is 3.86. The molecule has 1 aliphatic heterocycles. The second-order valence-electron chi connectivity index (χ2n) is 6.44. The van der Waals surface area contributed by atoms with E-state index in [1.54, 1.807) is 6.20 Å². The Kier molecular flexibility index (Phi) is 4.62. The molecule has 3 N–H and O–H groups in total. The summed E-state index contributed by atoms with van der Waals surface area (Å²) in [5.74, 6) is 6.07. The molecule has 1 saturated heterocycles. The Morgan fingerprint density at radius 2 is 2.05 bits per heavy atom. The standard InChI is InChI=1S/C14H21Br2N3O/c1-13(2)6-9(14(3,4)20-13)11(19-17)12-10(16)5-8(15)7-18-12/h5,7,9,11,19H,6,17H2,1-4H3. The molecule has 2 atom stereocenters. The lowest BCUT2D eigenvalue weighted by Gasteiger charge is -2.32. The number of ether oxygens (including phenoxy) is 1. The minimum Gasteiger partial charge on any atom is -0.369 e. The smallest absolute Gasteiger partial charge is 0.0733 e. The molecule has 0 radical (unpaired) electrons. The number of nitrogens with zero attached hydrogens (tertiary/aromatic N) is 1. The molecule has 1 aliphatic rings. The lowest BCUT2D eigenvalue weighted by Crippen LogP contribution is -2.41. The third kappa shape index (κ3) is 3.25. The molecule has 1 aromatic rings. The topological polar surface area (TPSA) is 60.2 Å². The van der Waals surface area contributed by atoms with Crippen molar-refractivity contribution in [2.24, 2.45) is 11.8 Å². The van der Waals surface area contributed by atoms with Gasteiger partial charge in [0.2, 0.25) is 0 Å². The minimum atomic E-state index is -0.255. The van der Waals surface area contributed by atoms with Crippen LogP contribution in [-0.4, -0.2) is 16.2 Å². The van der Waals surface area contributed by atoms with Crippen LogP contribution in [0.2, 0.25) is 0 Å². The van der Waals surface area contributed by atoms with Crippen molar-refractivity contribution in [1.82, 2.24) is 10.4 Å². The van der Waals surface area contributed by atoms with E-state index in [-0.39, 0.29) is 23.2 Å². The van der Waals surface area contributed by atoms with E-state index in [1.807, 2.05) is 6.07 Å². The van der Waals surface area contributed by atoms with Crippen LogP contribution in [0.4, 0.5) is 0 Å². The Bertz CT molecular complexity index is 505. The Labute approximate surface area is 137 Å². The molecule has 0 aliphatic carbocycles. The summed E-state index contributed by atoms with van der Waals surface area (Å²) in [6, 6.07) is 1.93. The van der Waals surface area contributed by atoms with Gasteiger partial charge in [0.05, 0.1) is 22.9 Å². The number of nitrogens with two attached hydrogens (primary N) is 1. The molecule has 0 bridgehead atoms. The monoisotopic (exact) mass is 405 g/mol. The van der Waals surface area contributed by atoms with Crippen LogP contribution in [0.3, 0.4) is 0 Å². The summed E-state index contributed by atoms with van der Waals surface area (Å²) in [6.45, 7) is 8.46.